The van der Waals surface area contributed by atoms with Crippen molar-refractivity contribution >= 4 is 5.78 Å². The Hall–Kier alpha value is -2.67. The lowest BCUT2D eigenvalue weighted by Crippen LogP contribution is -2.33. The summed E-state index contributed by atoms with van der Waals surface area (Å²) in [5, 5.41) is 0. The summed E-state index contributed by atoms with van der Waals surface area (Å²) in [7, 11) is 3.20. The van der Waals surface area contributed by atoms with Crippen molar-refractivity contribution in [2.24, 2.45) is 5.41 Å². The molecular formula is C23H30N2O5. The summed E-state index contributed by atoms with van der Waals surface area (Å²) in [6.45, 7) is 8.97. The molecule has 2 aromatic heterocycles. The first-order valence-electron chi connectivity index (χ1n) is 10.1. The fourth-order valence-electron chi connectivity index (χ4n) is 3.82. The number of hydrogen-bond acceptors (Lipinski definition) is 6. The van der Waals surface area contributed by atoms with Gasteiger partial charge < -0.3 is 18.8 Å². The summed E-state index contributed by atoms with van der Waals surface area (Å²) in [4.78, 5) is 29.2. The molecule has 0 saturated heterocycles. The number of pyridine rings is 2. The molecule has 1 atom stereocenters. The first-order chi connectivity index (χ1) is 14.2. The minimum atomic E-state index is -0.296. The largest absolute Gasteiger partial charge is 0.488 e. The predicted octanol–water partition coefficient (Wildman–Crippen LogP) is 3.68. The smallest absolute Gasteiger partial charge is 0.257 e. The van der Waals surface area contributed by atoms with E-state index in [4.69, 9.17) is 14.2 Å². The average molecular weight is 415 g/mol. The van der Waals surface area contributed by atoms with E-state index in [-0.39, 0.29) is 28.2 Å². The lowest BCUT2D eigenvalue weighted by molar-refractivity contribution is 0.101. The number of ketones is 1. The summed E-state index contributed by atoms with van der Waals surface area (Å²) in [5.41, 5.74) is 2.16. The zero-order chi connectivity index (χ0) is 22.1. The highest BCUT2D eigenvalue weighted by Crippen LogP contribution is 2.44. The van der Waals surface area contributed by atoms with Gasteiger partial charge in [-0.1, -0.05) is 20.8 Å². The highest BCUT2D eigenvalue weighted by Gasteiger charge is 2.34. The molecule has 1 aliphatic rings. The van der Waals surface area contributed by atoms with Gasteiger partial charge in [-0.15, -0.1) is 0 Å². The minimum Gasteiger partial charge on any atom is -0.488 e. The maximum absolute atomic E-state index is 12.6. The molecule has 0 aromatic carbocycles. The molecule has 0 N–H and O–H groups in total. The van der Waals surface area contributed by atoms with Crippen molar-refractivity contribution in [3.63, 3.8) is 0 Å². The van der Waals surface area contributed by atoms with Crippen LogP contribution in [0.2, 0.25) is 0 Å². The Morgan fingerprint density at radius 2 is 1.97 bits per heavy atom. The fourth-order valence-corrected chi connectivity index (χ4v) is 3.82. The van der Waals surface area contributed by atoms with E-state index in [2.05, 4.69) is 25.8 Å². The van der Waals surface area contributed by atoms with Crippen molar-refractivity contribution in [2.45, 2.75) is 46.6 Å². The Labute approximate surface area is 177 Å². The van der Waals surface area contributed by atoms with Crippen LogP contribution in [0.15, 0.2) is 23.1 Å². The summed E-state index contributed by atoms with van der Waals surface area (Å²) in [6, 6.07) is 3.52. The second kappa shape index (κ2) is 8.60. The molecule has 0 amide bonds. The van der Waals surface area contributed by atoms with Gasteiger partial charge in [0, 0.05) is 38.4 Å². The van der Waals surface area contributed by atoms with Crippen molar-refractivity contribution < 1.29 is 19.0 Å². The molecule has 2 aromatic rings. The van der Waals surface area contributed by atoms with Crippen molar-refractivity contribution in [1.82, 2.24) is 9.55 Å². The van der Waals surface area contributed by atoms with E-state index in [1.165, 1.54) is 13.0 Å². The SMILES string of the molecule is COCCCOc1cc2c(nc1OC)-c1cc(=O)c(C(C)=O)cn1C(C(C)(C)C)C2. The van der Waals surface area contributed by atoms with Gasteiger partial charge in [-0.3, -0.25) is 9.59 Å². The molecule has 3 heterocycles. The van der Waals surface area contributed by atoms with Crippen molar-refractivity contribution in [3.8, 4) is 23.0 Å². The number of nitrogens with zero attached hydrogens (tertiary/aromatic N) is 2. The predicted molar refractivity (Wildman–Crippen MR) is 115 cm³/mol. The van der Waals surface area contributed by atoms with Crippen LogP contribution >= 0.6 is 0 Å². The number of ether oxygens (including phenoxy) is 3. The van der Waals surface area contributed by atoms with E-state index in [1.54, 1.807) is 20.4 Å². The third kappa shape index (κ3) is 4.26. The first-order valence-corrected chi connectivity index (χ1v) is 10.1. The topological polar surface area (TPSA) is 79.7 Å². The van der Waals surface area contributed by atoms with Crippen LogP contribution in [-0.4, -0.2) is 42.8 Å². The van der Waals surface area contributed by atoms with E-state index in [0.717, 1.165) is 12.0 Å². The number of aromatic nitrogens is 2. The molecule has 0 bridgehead atoms. The van der Waals surface area contributed by atoms with Crippen LogP contribution in [0.3, 0.4) is 0 Å². The molecule has 7 heteroatoms. The van der Waals surface area contributed by atoms with Crippen molar-refractivity contribution in [3.05, 3.63) is 39.7 Å². The summed E-state index contributed by atoms with van der Waals surface area (Å²) < 4.78 is 18.5. The molecule has 1 unspecified atom stereocenters. The maximum Gasteiger partial charge on any atom is 0.257 e. The first kappa shape index (κ1) is 22.0. The van der Waals surface area contributed by atoms with Gasteiger partial charge in [0.05, 0.1) is 30.7 Å². The van der Waals surface area contributed by atoms with Gasteiger partial charge in [0.25, 0.3) is 5.88 Å². The zero-order valence-electron chi connectivity index (χ0n) is 18.6. The number of methoxy groups -OCH3 is 2. The standard InChI is InChI=1S/C23H30N2O5/c1-14(26)16-13-25-17(12-18(16)27)21-15(11-20(25)23(2,3)4)10-19(22(24-21)29-6)30-9-7-8-28-5/h10,12-13,20H,7-9,11H2,1-6H3. The van der Waals surface area contributed by atoms with Crippen LogP contribution in [0.1, 0.15) is 56.1 Å². The highest BCUT2D eigenvalue weighted by molar-refractivity contribution is 5.94. The van der Waals surface area contributed by atoms with Crippen LogP contribution in [-0.2, 0) is 11.2 Å². The maximum atomic E-state index is 12.6. The number of carbonyl (C=O) groups excluding carboxylic acids is 1. The monoisotopic (exact) mass is 414 g/mol. The number of fused-ring (bicyclic) bond motifs is 3. The Morgan fingerprint density at radius 3 is 2.57 bits per heavy atom. The minimum absolute atomic E-state index is 0.0511. The molecule has 0 spiro atoms. The molecule has 0 saturated carbocycles. The van der Waals surface area contributed by atoms with E-state index in [9.17, 15) is 9.59 Å². The Morgan fingerprint density at radius 1 is 1.23 bits per heavy atom. The lowest BCUT2D eigenvalue weighted by Gasteiger charge is -2.38. The van der Waals surface area contributed by atoms with Gasteiger partial charge in [-0.25, -0.2) is 4.98 Å². The quantitative estimate of drug-likeness (QED) is 0.508. The Kier molecular flexibility index (Phi) is 6.31. The van der Waals surface area contributed by atoms with Gasteiger partial charge >= 0.3 is 0 Å². The van der Waals surface area contributed by atoms with Gasteiger partial charge in [-0.2, -0.15) is 0 Å². The van der Waals surface area contributed by atoms with E-state index >= 15 is 0 Å². The molecular weight excluding hydrogens is 384 g/mol. The van der Waals surface area contributed by atoms with Gasteiger partial charge in [0.1, 0.15) is 0 Å². The molecule has 0 aliphatic carbocycles. The third-order valence-electron chi connectivity index (χ3n) is 5.43. The van der Waals surface area contributed by atoms with Gasteiger partial charge in [0.15, 0.2) is 17.0 Å². The summed E-state index contributed by atoms with van der Waals surface area (Å²) in [6.07, 6.45) is 3.15. The fraction of sp³-hybridized carbons (Fsp3) is 0.522. The van der Waals surface area contributed by atoms with E-state index in [0.29, 0.717) is 42.7 Å². The molecule has 3 rings (SSSR count). The molecule has 30 heavy (non-hydrogen) atoms. The Bertz CT molecular complexity index is 1000. The van der Waals surface area contributed by atoms with Crippen molar-refractivity contribution in [2.75, 3.05) is 27.4 Å². The van der Waals surface area contributed by atoms with Crippen LogP contribution < -0.4 is 14.9 Å². The second-order valence-corrected chi connectivity index (χ2v) is 8.68. The van der Waals surface area contributed by atoms with E-state index < -0.39 is 0 Å². The molecule has 162 valence electrons. The van der Waals surface area contributed by atoms with Crippen LogP contribution in [0, 0.1) is 5.41 Å². The number of carbonyl (C=O) groups is 1. The zero-order valence-corrected chi connectivity index (χ0v) is 18.6. The van der Waals surface area contributed by atoms with E-state index in [1.807, 2.05) is 10.6 Å². The Balaban J connectivity index is 2.14. The molecule has 7 nitrogen and oxygen atoms in total. The second-order valence-electron chi connectivity index (χ2n) is 8.68. The van der Waals surface area contributed by atoms with Crippen LogP contribution in [0.4, 0.5) is 0 Å². The lowest BCUT2D eigenvalue weighted by atomic mass is 9.80. The van der Waals surface area contributed by atoms with Crippen LogP contribution in [0.5, 0.6) is 11.6 Å². The van der Waals surface area contributed by atoms with Crippen molar-refractivity contribution in [1.29, 1.82) is 0 Å². The number of rotatable bonds is 7. The van der Waals surface area contributed by atoms with Gasteiger partial charge in [0.2, 0.25) is 0 Å². The summed E-state index contributed by atoms with van der Waals surface area (Å²) >= 11 is 0. The normalized spacial score (nSPS) is 15.3. The highest BCUT2D eigenvalue weighted by atomic mass is 16.5. The molecule has 0 fully saturated rings. The van der Waals surface area contributed by atoms with Crippen LogP contribution in [0.25, 0.3) is 11.4 Å². The third-order valence-corrected chi connectivity index (χ3v) is 5.43. The average Bonchev–Trinajstić information content (AvgIpc) is 2.68. The number of Topliss-reactive ketones (excluding diaryl/α,β-unsaturated/α-hetero) is 1. The number of hydrogen-bond donors (Lipinski definition) is 0. The molecule has 0 radical (unpaired) electrons. The molecule has 1 aliphatic heterocycles. The summed E-state index contributed by atoms with van der Waals surface area (Å²) in [5.74, 6) is 0.713. The van der Waals surface area contributed by atoms with Gasteiger partial charge in [-0.05, 0) is 30.4 Å².